The summed E-state index contributed by atoms with van der Waals surface area (Å²) >= 11 is 5.96. The molecule has 4 N–H and O–H groups in total. The van der Waals surface area contributed by atoms with Gasteiger partial charge in [0.15, 0.2) is 17.0 Å². The van der Waals surface area contributed by atoms with E-state index in [1.54, 1.807) is 13.4 Å². The molecule has 0 aliphatic heterocycles. The topological polar surface area (TPSA) is 102 Å². The number of imidazole rings is 1. The molecule has 2 aliphatic carbocycles. The Morgan fingerprint density at radius 2 is 2.25 bits per heavy atom. The Balaban J connectivity index is 1.87. The van der Waals surface area contributed by atoms with Crippen molar-refractivity contribution in [1.29, 1.82) is 0 Å². The number of nitrogens with zero attached hydrogens (tertiary/aromatic N) is 4. The van der Waals surface area contributed by atoms with Crippen molar-refractivity contribution < 1.29 is 5.11 Å². The van der Waals surface area contributed by atoms with Crippen LogP contribution in [0.15, 0.2) is 6.33 Å². The number of fused-ring (bicyclic) bond motifs is 2. The Labute approximate surface area is 120 Å². The van der Waals surface area contributed by atoms with E-state index in [1.165, 1.54) is 0 Å². The van der Waals surface area contributed by atoms with E-state index in [0.29, 0.717) is 28.8 Å². The molecule has 0 unspecified atom stereocenters. The summed E-state index contributed by atoms with van der Waals surface area (Å²) in [4.78, 5) is 12.7. The minimum Gasteiger partial charge on any atom is -0.389 e. The summed E-state index contributed by atoms with van der Waals surface area (Å²) in [5, 5.41) is 13.4. The number of hydrogen-bond acceptors (Lipinski definition) is 6. The molecule has 0 saturated heterocycles. The molecule has 0 amide bonds. The van der Waals surface area contributed by atoms with Gasteiger partial charge in [-0.15, -0.1) is 0 Å². The van der Waals surface area contributed by atoms with E-state index in [4.69, 9.17) is 17.3 Å². The molecule has 2 aliphatic rings. The first-order chi connectivity index (χ1) is 9.61. The fraction of sp³-hybridized carbons (Fsp3) is 0.583. The average molecular weight is 295 g/mol. The molecule has 8 heteroatoms. The summed E-state index contributed by atoms with van der Waals surface area (Å²) in [5.41, 5.74) is 7.33. The minimum absolute atomic E-state index is 0.0735. The predicted octanol–water partition coefficient (Wildman–Crippen LogP) is 0.400. The molecular formula is C12H15ClN6O. The highest BCUT2D eigenvalue weighted by Crippen LogP contribution is 2.57. The quantitative estimate of drug-likeness (QED) is 0.693. The van der Waals surface area contributed by atoms with Crippen LogP contribution in [0.25, 0.3) is 11.2 Å². The van der Waals surface area contributed by atoms with Crippen LogP contribution in [0, 0.1) is 11.8 Å². The molecule has 106 valence electrons. The molecule has 20 heavy (non-hydrogen) atoms. The Kier molecular flexibility index (Phi) is 2.48. The van der Waals surface area contributed by atoms with E-state index in [-0.39, 0.29) is 17.4 Å². The van der Waals surface area contributed by atoms with Gasteiger partial charge >= 0.3 is 0 Å². The maximum absolute atomic E-state index is 10.3. The van der Waals surface area contributed by atoms with Gasteiger partial charge < -0.3 is 20.7 Å². The maximum Gasteiger partial charge on any atom is 0.226 e. The minimum atomic E-state index is -0.567. The fourth-order valence-electron chi connectivity index (χ4n) is 3.46. The zero-order valence-corrected chi connectivity index (χ0v) is 11.6. The lowest BCUT2D eigenvalue weighted by Gasteiger charge is -2.22. The largest absolute Gasteiger partial charge is 0.389 e. The highest BCUT2D eigenvalue weighted by Gasteiger charge is 2.59. The molecule has 5 atom stereocenters. The summed E-state index contributed by atoms with van der Waals surface area (Å²) in [6, 6.07) is -0.237. The lowest BCUT2D eigenvalue weighted by atomic mass is 10.1. The fourth-order valence-corrected chi connectivity index (χ4v) is 3.62. The van der Waals surface area contributed by atoms with Crippen molar-refractivity contribution in [2.75, 3.05) is 12.4 Å². The predicted molar refractivity (Wildman–Crippen MR) is 74.5 cm³/mol. The van der Waals surface area contributed by atoms with Crippen molar-refractivity contribution >= 4 is 28.6 Å². The second-order valence-corrected chi connectivity index (χ2v) is 5.88. The van der Waals surface area contributed by atoms with E-state index in [1.807, 2.05) is 4.57 Å². The second kappa shape index (κ2) is 4.03. The summed E-state index contributed by atoms with van der Waals surface area (Å²) in [7, 11) is 1.76. The van der Waals surface area contributed by atoms with Crippen LogP contribution in [-0.2, 0) is 0 Å². The van der Waals surface area contributed by atoms with Gasteiger partial charge in [-0.25, -0.2) is 4.98 Å². The van der Waals surface area contributed by atoms with Gasteiger partial charge in [0, 0.05) is 13.1 Å². The smallest absolute Gasteiger partial charge is 0.226 e. The lowest BCUT2D eigenvalue weighted by Crippen LogP contribution is -2.37. The number of aliphatic hydroxyl groups excluding tert-OH is 1. The van der Waals surface area contributed by atoms with E-state index < -0.39 is 6.10 Å². The molecule has 0 spiro atoms. The van der Waals surface area contributed by atoms with Gasteiger partial charge in [-0.2, -0.15) is 9.97 Å². The van der Waals surface area contributed by atoms with Gasteiger partial charge in [-0.05, 0) is 29.9 Å². The van der Waals surface area contributed by atoms with Crippen LogP contribution in [0.2, 0.25) is 5.28 Å². The van der Waals surface area contributed by atoms with Gasteiger partial charge in [-0.3, -0.25) is 0 Å². The highest BCUT2D eigenvalue weighted by molar-refractivity contribution is 6.28. The van der Waals surface area contributed by atoms with Crippen LogP contribution in [0.5, 0.6) is 0 Å². The Morgan fingerprint density at radius 3 is 2.90 bits per heavy atom. The highest BCUT2D eigenvalue weighted by atomic mass is 35.5. The zero-order valence-electron chi connectivity index (χ0n) is 10.9. The number of nitrogens with two attached hydrogens (primary N) is 1. The molecule has 4 rings (SSSR count). The number of rotatable bonds is 2. The third-order valence-electron chi connectivity index (χ3n) is 4.52. The van der Waals surface area contributed by atoms with Gasteiger partial charge in [-0.1, -0.05) is 0 Å². The molecule has 2 saturated carbocycles. The van der Waals surface area contributed by atoms with Crippen LogP contribution in [0.1, 0.15) is 12.5 Å². The summed E-state index contributed by atoms with van der Waals surface area (Å²) in [6.07, 6.45) is 2.18. The van der Waals surface area contributed by atoms with Crippen molar-refractivity contribution in [3.63, 3.8) is 0 Å². The Bertz CT molecular complexity index is 688. The molecule has 7 nitrogen and oxygen atoms in total. The first-order valence-electron chi connectivity index (χ1n) is 6.63. The first-order valence-corrected chi connectivity index (χ1v) is 7.01. The third-order valence-corrected chi connectivity index (χ3v) is 4.69. The van der Waals surface area contributed by atoms with Crippen molar-refractivity contribution in [3.8, 4) is 0 Å². The van der Waals surface area contributed by atoms with Gasteiger partial charge in [0.25, 0.3) is 0 Å². The van der Waals surface area contributed by atoms with E-state index in [9.17, 15) is 5.11 Å². The molecule has 0 radical (unpaired) electrons. The van der Waals surface area contributed by atoms with Crippen LogP contribution in [0.4, 0.5) is 5.82 Å². The van der Waals surface area contributed by atoms with Crippen LogP contribution in [0.3, 0.4) is 0 Å². The van der Waals surface area contributed by atoms with Crippen molar-refractivity contribution in [2.24, 2.45) is 17.6 Å². The molecule has 2 aromatic heterocycles. The molecule has 2 aromatic rings. The maximum atomic E-state index is 10.3. The third kappa shape index (κ3) is 1.51. The molecular weight excluding hydrogens is 280 g/mol. The standard InChI is InChI=1S/C12H15ClN6O/c1-15-10-7-11(18-12(13)17-10)19(3-16-7)8-5-2-4(5)6(14)9(8)20/h3-6,8-9,20H,2,14H2,1H3,(H,15,17,18)/t4-,5+,6-,8-,9-/m1/s1. The van der Waals surface area contributed by atoms with Crippen LogP contribution in [-0.4, -0.2) is 43.8 Å². The monoisotopic (exact) mass is 294 g/mol. The number of nitrogens with one attached hydrogen (secondary N) is 1. The SMILES string of the molecule is CNc1nc(Cl)nc2c1ncn2[C@H]1[C@H](O)[C@H](N)[C@@H]2C[C@@H]21. The van der Waals surface area contributed by atoms with Crippen LogP contribution < -0.4 is 11.1 Å². The average Bonchev–Trinajstić information content (AvgIpc) is 3.04. The zero-order chi connectivity index (χ0) is 14.0. The second-order valence-electron chi connectivity index (χ2n) is 5.54. The Morgan fingerprint density at radius 1 is 1.45 bits per heavy atom. The first kappa shape index (κ1) is 12.3. The molecule has 2 fully saturated rings. The normalized spacial score (nSPS) is 35.3. The number of hydrogen-bond donors (Lipinski definition) is 3. The van der Waals surface area contributed by atoms with Crippen molar-refractivity contribution in [1.82, 2.24) is 19.5 Å². The lowest BCUT2D eigenvalue weighted by molar-refractivity contribution is 0.104. The molecule has 2 heterocycles. The van der Waals surface area contributed by atoms with E-state index in [0.717, 1.165) is 6.42 Å². The van der Waals surface area contributed by atoms with Crippen molar-refractivity contribution in [3.05, 3.63) is 11.6 Å². The van der Waals surface area contributed by atoms with E-state index in [2.05, 4.69) is 20.3 Å². The van der Waals surface area contributed by atoms with E-state index >= 15 is 0 Å². The number of aromatic nitrogens is 4. The number of aliphatic hydroxyl groups is 1. The number of halogens is 1. The number of anilines is 1. The summed E-state index contributed by atoms with van der Waals surface area (Å²) in [5.74, 6) is 1.40. The van der Waals surface area contributed by atoms with Gasteiger partial charge in [0.2, 0.25) is 5.28 Å². The van der Waals surface area contributed by atoms with Crippen molar-refractivity contribution in [2.45, 2.75) is 24.6 Å². The summed E-state index contributed by atoms with van der Waals surface area (Å²) in [6.45, 7) is 0. The van der Waals surface area contributed by atoms with Gasteiger partial charge in [0.05, 0.1) is 18.5 Å². The summed E-state index contributed by atoms with van der Waals surface area (Å²) < 4.78 is 1.89. The Hall–Kier alpha value is -1.44. The van der Waals surface area contributed by atoms with Crippen LogP contribution >= 0.6 is 11.6 Å². The van der Waals surface area contributed by atoms with Gasteiger partial charge in [0.1, 0.15) is 0 Å². The molecule has 0 aromatic carbocycles. The molecule has 0 bridgehead atoms.